The maximum atomic E-state index is 4.48. The Morgan fingerprint density at radius 3 is 2.62 bits per heavy atom. The summed E-state index contributed by atoms with van der Waals surface area (Å²) in [7, 11) is 1.89. The van der Waals surface area contributed by atoms with Gasteiger partial charge in [0.15, 0.2) is 5.96 Å². The second-order valence-corrected chi connectivity index (χ2v) is 7.28. The van der Waals surface area contributed by atoms with Gasteiger partial charge in [0.1, 0.15) is 0 Å². The van der Waals surface area contributed by atoms with Crippen LogP contribution < -0.4 is 5.32 Å². The molecule has 1 aromatic heterocycles. The molecule has 0 aliphatic carbocycles. The van der Waals surface area contributed by atoms with E-state index in [1.165, 1.54) is 17.8 Å². The Kier molecular flexibility index (Phi) is 8.56. The van der Waals surface area contributed by atoms with Gasteiger partial charge in [-0.3, -0.25) is 9.89 Å². The fourth-order valence-electron chi connectivity index (χ4n) is 3.14. The Morgan fingerprint density at radius 2 is 2.04 bits per heavy atom. The van der Waals surface area contributed by atoms with Crippen LogP contribution in [0.1, 0.15) is 25.1 Å². The molecule has 0 unspecified atom stereocenters. The molecular formula is C18H33N5S. The maximum Gasteiger partial charge on any atom is 0.193 e. The fraction of sp³-hybridized carbons (Fsp3) is 0.722. The highest BCUT2D eigenvalue weighted by molar-refractivity contribution is 7.09. The van der Waals surface area contributed by atoms with Crippen LogP contribution in [-0.2, 0) is 6.54 Å². The molecule has 1 N–H and O–H groups in total. The fourth-order valence-corrected chi connectivity index (χ4v) is 3.89. The van der Waals surface area contributed by atoms with E-state index in [1.54, 1.807) is 0 Å². The Balaban J connectivity index is 1.70. The molecule has 0 spiro atoms. The van der Waals surface area contributed by atoms with Crippen LogP contribution in [0.5, 0.6) is 0 Å². The number of aliphatic imine (C=N–C) groups is 1. The first-order valence-corrected chi connectivity index (χ1v) is 10.1. The molecule has 6 heteroatoms. The third-order valence-electron chi connectivity index (χ3n) is 4.54. The van der Waals surface area contributed by atoms with Crippen molar-refractivity contribution in [1.82, 2.24) is 20.0 Å². The molecule has 0 atom stereocenters. The van der Waals surface area contributed by atoms with Crippen LogP contribution in [0.4, 0.5) is 0 Å². The van der Waals surface area contributed by atoms with Gasteiger partial charge >= 0.3 is 0 Å². The Bertz CT molecular complexity index is 466. The highest BCUT2D eigenvalue weighted by atomic mass is 32.1. The lowest BCUT2D eigenvalue weighted by molar-refractivity contribution is 0.173. The molecule has 0 saturated carbocycles. The van der Waals surface area contributed by atoms with Gasteiger partial charge in [0.2, 0.25) is 0 Å². The molecule has 1 aliphatic rings. The molecule has 1 fully saturated rings. The largest absolute Gasteiger partial charge is 0.355 e. The van der Waals surface area contributed by atoms with Gasteiger partial charge in [-0.05, 0) is 31.0 Å². The highest BCUT2D eigenvalue weighted by Crippen LogP contribution is 2.13. The van der Waals surface area contributed by atoms with Crippen molar-refractivity contribution in [3.8, 4) is 0 Å². The Labute approximate surface area is 151 Å². The van der Waals surface area contributed by atoms with Gasteiger partial charge in [-0.15, -0.1) is 11.3 Å². The van der Waals surface area contributed by atoms with Crippen LogP contribution in [0.3, 0.4) is 0 Å². The van der Waals surface area contributed by atoms with Crippen molar-refractivity contribution in [2.24, 2.45) is 4.99 Å². The topological polar surface area (TPSA) is 34.1 Å². The number of likely N-dealkylation sites (N-methyl/N-ethyl adjacent to an activating group) is 1. The van der Waals surface area contributed by atoms with Crippen molar-refractivity contribution >= 4 is 17.3 Å². The van der Waals surface area contributed by atoms with Crippen LogP contribution in [0.15, 0.2) is 22.5 Å². The van der Waals surface area contributed by atoms with E-state index in [1.807, 2.05) is 18.4 Å². The molecule has 0 aromatic carbocycles. The number of nitrogens with zero attached hydrogens (tertiary/aromatic N) is 4. The number of hydrogen-bond donors (Lipinski definition) is 1. The predicted molar refractivity (Wildman–Crippen MR) is 105 cm³/mol. The standard InChI is InChI=1S/C18H33N5S/c1-4-9-21(5-2)10-8-20-18(19-3)23-13-11-22(12-14-23)16-17-7-6-15-24-17/h6-7,15H,4-5,8-14,16H2,1-3H3,(H,19,20). The summed E-state index contributed by atoms with van der Waals surface area (Å²) in [6.45, 7) is 14.2. The third kappa shape index (κ3) is 6.07. The van der Waals surface area contributed by atoms with Crippen LogP contribution >= 0.6 is 11.3 Å². The summed E-state index contributed by atoms with van der Waals surface area (Å²) in [5.74, 6) is 1.05. The molecule has 136 valence electrons. The van der Waals surface area contributed by atoms with E-state index in [2.05, 4.69) is 56.4 Å². The minimum Gasteiger partial charge on any atom is -0.355 e. The van der Waals surface area contributed by atoms with Crippen LogP contribution in [0.2, 0.25) is 0 Å². The number of hydrogen-bond acceptors (Lipinski definition) is 4. The zero-order valence-corrected chi connectivity index (χ0v) is 16.3. The lowest BCUT2D eigenvalue weighted by Crippen LogP contribution is -2.52. The number of piperazine rings is 1. The highest BCUT2D eigenvalue weighted by Gasteiger charge is 2.19. The number of guanidine groups is 1. The number of nitrogens with one attached hydrogen (secondary N) is 1. The molecule has 1 aromatic rings. The first-order chi connectivity index (χ1) is 11.8. The van der Waals surface area contributed by atoms with Crippen molar-refractivity contribution in [1.29, 1.82) is 0 Å². The summed E-state index contributed by atoms with van der Waals surface area (Å²) in [6, 6.07) is 4.37. The zero-order chi connectivity index (χ0) is 17.2. The van der Waals surface area contributed by atoms with Crippen molar-refractivity contribution in [3.63, 3.8) is 0 Å². The van der Waals surface area contributed by atoms with Gasteiger partial charge in [-0.1, -0.05) is 19.9 Å². The van der Waals surface area contributed by atoms with Gasteiger partial charge in [0, 0.05) is 57.7 Å². The SMILES string of the molecule is CCCN(CC)CCNC(=NC)N1CCN(Cc2cccs2)CC1. The van der Waals surface area contributed by atoms with Crippen LogP contribution in [0, 0.1) is 0 Å². The van der Waals surface area contributed by atoms with E-state index in [0.29, 0.717) is 0 Å². The maximum absolute atomic E-state index is 4.48. The van der Waals surface area contributed by atoms with Gasteiger partial charge < -0.3 is 15.1 Å². The molecule has 2 rings (SSSR count). The molecule has 24 heavy (non-hydrogen) atoms. The van der Waals surface area contributed by atoms with Crippen LogP contribution in [0.25, 0.3) is 0 Å². The van der Waals surface area contributed by atoms with E-state index in [-0.39, 0.29) is 0 Å². The Hall–Kier alpha value is -1.11. The number of rotatable bonds is 8. The summed E-state index contributed by atoms with van der Waals surface area (Å²) in [5.41, 5.74) is 0. The molecule has 0 amide bonds. The summed E-state index contributed by atoms with van der Waals surface area (Å²) in [4.78, 5) is 13.4. The molecule has 5 nitrogen and oxygen atoms in total. The first kappa shape index (κ1) is 19.2. The molecular weight excluding hydrogens is 318 g/mol. The summed E-state index contributed by atoms with van der Waals surface area (Å²) in [6.07, 6.45) is 1.22. The molecule has 0 radical (unpaired) electrons. The van der Waals surface area contributed by atoms with Crippen molar-refractivity contribution in [2.45, 2.75) is 26.8 Å². The minimum atomic E-state index is 0.968. The van der Waals surface area contributed by atoms with Gasteiger partial charge in [-0.2, -0.15) is 0 Å². The van der Waals surface area contributed by atoms with E-state index >= 15 is 0 Å². The van der Waals surface area contributed by atoms with Crippen molar-refractivity contribution < 1.29 is 0 Å². The summed E-state index contributed by atoms with van der Waals surface area (Å²) in [5, 5.41) is 5.70. The van der Waals surface area contributed by atoms with E-state index in [0.717, 1.165) is 58.3 Å². The Morgan fingerprint density at radius 1 is 1.25 bits per heavy atom. The average molecular weight is 352 g/mol. The molecule has 1 aliphatic heterocycles. The predicted octanol–water partition coefficient (Wildman–Crippen LogP) is 2.17. The third-order valence-corrected chi connectivity index (χ3v) is 5.40. The lowest BCUT2D eigenvalue weighted by atomic mass is 10.3. The monoisotopic (exact) mass is 351 g/mol. The molecule has 0 bridgehead atoms. The minimum absolute atomic E-state index is 0.968. The average Bonchev–Trinajstić information content (AvgIpc) is 3.12. The first-order valence-electron chi connectivity index (χ1n) is 9.19. The summed E-state index contributed by atoms with van der Waals surface area (Å²) < 4.78 is 0. The van der Waals surface area contributed by atoms with Crippen molar-refractivity contribution in [3.05, 3.63) is 22.4 Å². The van der Waals surface area contributed by atoms with E-state index in [4.69, 9.17) is 0 Å². The summed E-state index contributed by atoms with van der Waals surface area (Å²) >= 11 is 1.85. The second-order valence-electron chi connectivity index (χ2n) is 6.25. The normalized spacial score (nSPS) is 16.8. The van der Waals surface area contributed by atoms with Gasteiger partial charge in [-0.25, -0.2) is 0 Å². The lowest BCUT2D eigenvalue weighted by Gasteiger charge is -2.36. The molecule has 1 saturated heterocycles. The molecule has 2 heterocycles. The van der Waals surface area contributed by atoms with Gasteiger partial charge in [0.05, 0.1) is 0 Å². The zero-order valence-electron chi connectivity index (χ0n) is 15.5. The van der Waals surface area contributed by atoms with Crippen molar-refractivity contribution in [2.75, 3.05) is 59.4 Å². The van der Waals surface area contributed by atoms with E-state index in [9.17, 15) is 0 Å². The van der Waals surface area contributed by atoms with Crippen LogP contribution in [-0.4, -0.2) is 80.1 Å². The van der Waals surface area contributed by atoms with Gasteiger partial charge in [0.25, 0.3) is 0 Å². The van der Waals surface area contributed by atoms with E-state index < -0.39 is 0 Å². The quantitative estimate of drug-likeness (QED) is 0.575. The number of thiophene rings is 1. The second kappa shape index (κ2) is 10.7. The smallest absolute Gasteiger partial charge is 0.193 e.